The molecule has 0 unspecified atom stereocenters. The fraction of sp³-hybridized carbons (Fsp3) is 0. The molecule has 0 N–H and O–H groups in total. The number of para-hydroxylation sites is 1. The van der Waals surface area contributed by atoms with Crippen LogP contribution in [0, 0.1) is 0 Å². The topological polar surface area (TPSA) is 4.93 Å². The lowest BCUT2D eigenvalue weighted by molar-refractivity contribution is 1.18. The minimum Gasteiger partial charge on any atom is -0.309 e. The van der Waals surface area contributed by atoms with Gasteiger partial charge in [0.25, 0.3) is 0 Å². The molecule has 0 radical (unpaired) electrons. The molecule has 0 saturated heterocycles. The van der Waals surface area contributed by atoms with Crippen molar-refractivity contribution >= 4 is 53.7 Å². The van der Waals surface area contributed by atoms with Gasteiger partial charge < -0.3 is 4.57 Å². The van der Waals surface area contributed by atoms with E-state index in [1.54, 1.807) is 0 Å². The Morgan fingerprint density at radius 2 is 1.38 bits per heavy atom. The number of nitrogens with zero attached hydrogens (tertiary/aromatic N) is 1. The van der Waals surface area contributed by atoms with Gasteiger partial charge in [-0.2, -0.15) is 0 Å². The lowest BCUT2D eigenvalue weighted by Gasteiger charge is -2.08. The molecule has 4 aromatic rings. The summed E-state index contributed by atoms with van der Waals surface area (Å²) in [5, 5.41) is 2.54. The average Bonchev–Trinajstić information content (AvgIpc) is 2.81. The van der Waals surface area contributed by atoms with Gasteiger partial charge in [-0.3, -0.25) is 0 Å². The van der Waals surface area contributed by atoms with E-state index in [1.807, 2.05) is 6.07 Å². The Labute approximate surface area is 139 Å². The van der Waals surface area contributed by atoms with E-state index in [2.05, 4.69) is 97.1 Å². The molecule has 0 aliphatic carbocycles. The molecule has 1 nitrogen and oxygen atoms in total. The smallest absolute Gasteiger partial charge is 0.0541 e. The number of halogens is 2. The third-order valence-electron chi connectivity index (χ3n) is 3.70. The average molecular weight is 401 g/mol. The van der Waals surface area contributed by atoms with E-state index in [9.17, 15) is 0 Å². The standard InChI is InChI=1S/C18H11Br2N/c19-12-4-3-5-14(10-12)21-17-7-2-1-6-15(17)16-11-13(20)8-9-18(16)21/h1-11H. The van der Waals surface area contributed by atoms with Gasteiger partial charge in [0.1, 0.15) is 0 Å². The van der Waals surface area contributed by atoms with Crippen molar-refractivity contribution in [3.05, 3.63) is 75.7 Å². The summed E-state index contributed by atoms with van der Waals surface area (Å²) in [4.78, 5) is 0. The largest absolute Gasteiger partial charge is 0.309 e. The minimum atomic E-state index is 1.09. The van der Waals surface area contributed by atoms with Gasteiger partial charge in [0.15, 0.2) is 0 Å². The van der Waals surface area contributed by atoms with Crippen LogP contribution in [0.25, 0.3) is 27.5 Å². The number of aromatic nitrogens is 1. The second-order valence-electron chi connectivity index (χ2n) is 4.99. The van der Waals surface area contributed by atoms with Crippen molar-refractivity contribution in [1.29, 1.82) is 0 Å². The lowest BCUT2D eigenvalue weighted by Crippen LogP contribution is -1.93. The van der Waals surface area contributed by atoms with Gasteiger partial charge in [0.2, 0.25) is 0 Å². The fourth-order valence-corrected chi connectivity index (χ4v) is 3.59. The van der Waals surface area contributed by atoms with Crippen LogP contribution in [-0.2, 0) is 0 Å². The summed E-state index contributed by atoms with van der Waals surface area (Å²) < 4.78 is 4.50. The summed E-state index contributed by atoms with van der Waals surface area (Å²) in [6.07, 6.45) is 0. The predicted octanol–water partition coefficient (Wildman–Crippen LogP) is 6.31. The molecule has 0 saturated carbocycles. The number of hydrogen-bond acceptors (Lipinski definition) is 0. The first-order valence-electron chi connectivity index (χ1n) is 6.69. The number of rotatable bonds is 1. The van der Waals surface area contributed by atoms with Gasteiger partial charge >= 0.3 is 0 Å². The molecular weight excluding hydrogens is 390 g/mol. The molecule has 0 amide bonds. The lowest BCUT2D eigenvalue weighted by atomic mass is 10.2. The molecule has 0 fully saturated rings. The van der Waals surface area contributed by atoms with Crippen molar-refractivity contribution in [1.82, 2.24) is 4.57 Å². The highest BCUT2D eigenvalue weighted by atomic mass is 79.9. The molecular formula is C18H11Br2N. The second-order valence-corrected chi connectivity index (χ2v) is 6.83. The van der Waals surface area contributed by atoms with Crippen LogP contribution in [0.4, 0.5) is 0 Å². The zero-order chi connectivity index (χ0) is 14.4. The van der Waals surface area contributed by atoms with Crippen molar-refractivity contribution in [2.45, 2.75) is 0 Å². The van der Waals surface area contributed by atoms with E-state index in [1.165, 1.54) is 21.8 Å². The van der Waals surface area contributed by atoms with Crippen LogP contribution in [0.1, 0.15) is 0 Å². The van der Waals surface area contributed by atoms with Gasteiger partial charge in [-0.15, -0.1) is 0 Å². The first-order valence-corrected chi connectivity index (χ1v) is 8.27. The Morgan fingerprint density at radius 1 is 0.619 bits per heavy atom. The molecule has 0 bridgehead atoms. The molecule has 4 rings (SSSR count). The summed E-state index contributed by atoms with van der Waals surface area (Å²) in [6, 6.07) is 23.4. The first kappa shape index (κ1) is 13.1. The Balaban J connectivity index is 2.20. The zero-order valence-corrected chi connectivity index (χ0v) is 14.2. The Morgan fingerprint density at radius 3 is 2.24 bits per heavy atom. The van der Waals surface area contributed by atoms with E-state index >= 15 is 0 Å². The third-order valence-corrected chi connectivity index (χ3v) is 4.69. The van der Waals surface area contributed by atoms with Crippen LogP contribution in [0.5, 0.6) is 0 Å². The second kappa shape index (κ2) is 5.00. The van der Waals surface area contributed by atoms with Gasteiger partial charge in [0, 0.05) is 25.4 Å². The van der Waals surface area contributed by atoms with Gasteiger partial charge in [-0.05, 0) is 42.5 Å². The van der Waals surface area contributed by atoms with Crippen molar-refractivity contribution in [2.75, 3.05) is 0 Å². The summed E-state index contributed by atoms with van der Waals surface area (Å²) in [5.74, 6) is 0. The number of fused-ring (bicyclic) bond motifs is 3. The van der Waals surface area contributed by atoms with Crippen molar-refractivity contribution < 1.29 is 0 Å². The SMILES string of the molecule is Brc1cccc(-n2c3ccccc3c3cc(Br)ccc32)c1. The van der Waals surface area contributed by atoms with Crippen molar-refractivity contribution in [3.8, 4) is 5.69 Å². The molecule has 1 heterocycles. The maximum atomic E-state index is 3.58. The summed E-state index contributed by atoms with van der Waals surface area (Å²) in [5.41, 5.74) is 3.61. The maximum absolute atomic E-state index is 3.58. The van der Waals surface area contributed by atoms with Gasteiger partial charge in [-0.25, -0.2) is 0 Å². The normalized spacial score (nSPS) is 11.3. The van der Waals surface area contributed by atoms with E-state index in [-0.39, 0.29) is 0 Å². The zero-order valence-electron chi connectivity index (χ0n) is 11.1. The first-order chi connectivity index (χ1) is 10.2. The summed E-state index contributed by atoms with van der Waals surface area (Å²) in [6.45, 7) is 0. The highest BCUT2D eigenvalue weighted by Crippen LogP contribution is 2.33. The number of hydrogen-bond donors (Lipinski definition) is 0. The highest BCUT2D eigenvalue weighted by Gasteiger charge is 2.11. The predicted molar refractivity (Wildman–Crippen MR) is 96.2 cm³/mol. The molecule has 0 aliphatic heterocycles. The molecule has 3 heteroatoms. The fourth-order valence-electron chi connectivity index (χ4n) is 2.84. The number of benzene rings is 3. The van der Waals surface area contributed by atoms with Crippen molar-refractivity contribution in [3.63, 3.8) is 0 Å². The Bertz CT molecular complexity index is 969. The molecule has 3 aromatic carbocycles. The molecule has 0 aliphatic rings. The van der Waals surface area contributed by atoms with Gasteiger partial charge in [-0.1, -0.05) is 56.1 Å². The molecule has 21 heavy (non-hydrogen) atoms. The van der Waals surface area contributed by atoms with Crippen LogP contribution in [0.3, 0.4) is 0 Å². The van der Waals surface area contributed by atoms with E-state index in [0.717, 1.165) is 14.6 Å². The van der Waals surface area contributed by atoms with Crippen LogP contribution in [0.2, 0.25) is 0 Å². The third kappa shape index (κ3) is 2.12. The van der Waals surface area contributed by atoms with Crippen LogP contribution < -0.4 is 0 Å². The summed E-state index contributed by atoms with van der Waals surface area (Å²) >= 11 is 7.15. The van der Waals surface area contributed by atoms with Crippen LogP contribution in [-0.4, -0.2) is 4.57 Å². The quantitative estimate of drug-likeness (QED) is 0.353. The minimum absolute atomic E-state index is 1.09. The summed E-state index contributed by atoms with van der Waals surface area (Å²) in [7, 11) is 0. The Kier molecular flexibility index (Phi) is 3.12. The Hall–Kier alpha value is -1.58. The van der Waals surface area contributed by atoms with E-state index in [4.69, 9.17) is 0 Å². The van der Waals surface area contributed by atoms with Crippen LogP contribution >= 0.6 is 31.9 Å². The van der Waals surface area contributed by atoms with Crippen LogP contribution in [0.15, 0.2) is 75.7 Å². The van der Waals surface area contributed by atoms with Gasteiger partial charge in [0.05, 0.1) is 11.0 Å². The van der Waals surface area contributed by atoms with E-state index < -0.39 is 0 Å². The van der Waals surface area contributed by atoms with E-state index in [0.29, 0.717) is 0 Å². The maximum Gasteiger partial charge on any atom is 0.0541 e. The highest BCUT2D eigenvalue weighted by molar-refractivity contribution is 9.10. The molecule has 1 aromatic heterocycles. The molecule has 0 atom stereocenters. The molecule has 0 spiro atoms. The van der Waals surface area contributed by atoms with Crippen molar-refractivity contribution in [2.24, 2.45) is 0 Å². The molecule has 102 valence electrons. The monoisotopic (exact) mass is 399 g/mol.